The Hall–Kier alpha value is -1.67. The minimum Gasteiger partial charge on any atom is -0.491 e. The standard InChI is InChI=1S/C10H10F2N2O/c1-14-7(5-13)6-15-8-2-3-9(11)10(12)4-8/h2-4,7,14H,6H2,1H3. The Morgan fingerprint density at radius 1 is 1.47 bits per heavy atom. The average Bonchev–Trinajstić information content (AvgIpc) is 2.24. The maximum absolute atomic E-state index is 12.7. The van der Waals surface area contributed by atoms with Crippen LogP contribution in [0, 0.1) is 23.0 Å². The molecule has 0 heterocycles. The predicted molar refractivity (Wildman–Crippen MR) is 50.3 cm³/mol. The number of benzene rings is 1. The quantitative estimate of drug-likeness (QED) is 0.821. The topological polar surface area (TPSA) is 45.0 Å². The second-order valence-corrected chi connectivity index (χ2v) is 2.86. The normalized spacial score (nSPS) is 11.9. The Morgan fingerprint density at radius 2 is 2.20 bits per heavy atom. The van der Waals surface area contributed by atoms with Gasteiger partial charge in [0.15, 0.2) is 11.6 Å². The molecule has 0 amide bonds. The summed E-state index contributed by atoms with van der Waals surface area (Å²) in [5, 5.41) is 11.3. The van der Waals surface area contributed by atoms with E-state index in [0.717, 1.165) is 12.1 Å². The zero-order chi connectivity index (χ0) is 11.3. The highest BCUT2D eigenvalue weighted by molar-refractivity contribution is 5.23. The Morgan fingerprint density at radius 3 is 2.73 bits per heavy atom. The van der Waals surface area contributed by atoms with Gasteiger partial charge in [-0.2, -0.15) is 5.26 Å². The lowest BCUT2D eigenvalue weighted by Gasteiger charge is -2.09. The van der Waals surface area contributed by atoms with Crippen molar-refractivity contribution in [1.82, 2.24) is 5.32 Å². The maximum Gasteiger partial charge on any atom is 0.162 e. The van der Waals surface area contributed by atoms with Crippen LogP contribution in [0.5, 0.6) is 5.75 Å². The molecule has 5 heteroatoms. The van der Waals surface area contributed by atoms with Gasteiger partial charge in [-0.25, -0.2) is 8.78 Å². The van der Waals surface area contributed by atoms with Gasteiger partial charge in [-0.15, -0.1) is 0 Å². The van der Waals surface area contributed by atoms with Crippen LogP contribution >= 0.6 is 0 Å². The molecule has 0 saturated carbocycles. The molecule has 3 nitrogen and oxygen atoms in total. The van der Waals surface area contributed by atoms with Crippen LogP contribution in [0.15, 0.2) is 18.2 Å². The van der Waals surface area contributed by atoms with Gasteiger partial charge in [0.1, 0.15) is 18.4 Å². The zero-order valence-corrected chi connectivity index (χ0v) is 8.13. The highest BCUT2D eigenvalue weighted by Gasteiger charge is 2.07. The number of ether oxygens (including phenoxy) is 1. The van der Waals surface area contributed by atoms with Crippen LogP contribution in [-0.2, 0) is 0 Å². The second-order valence-electron chi connectivity index (χ2n) is 2.86. The molecular weight excluding hydrogens is 202 g/mol. The Kier molecular flexibility index (Phi) is 4.01. The second kappa shape index (κ2) is 5.27. The average molecular weight is 212 g/mol. The number of hydrogen-bond acceptors (Lipinski definition) is 3. The van der Waals surface area contributed by atoms with E-state index in [2.05, 4.69) is 5.32 Å². The predicted octanol–water partition coefficient (Wildman–Crippen LogP) is 1.46. The molecule has 15 heavy (non-hydrogen) atoms. The van der Waals surface area contributed by atoms with Crippen molar-refractivity contribution in [2.75, 3.05) is 13.7 Å². The van der Waals surface area contributed by atoms with E-state index in [4.69, 9.17) is 10.00 Å². The molecule has 0 aliphatic heterocycles. The van der Waals surface area contributed by atoms with Gasteiger partial charge in [0, 0.05) is 6.07 Å². The van der Waals surface area contributed by atoms with Gasteiger partial charge in [0.05, 0.1) is 6.07 Å². The number of rotatable bonds is 4. The van der Waals surface area contributed by atoms with Crippen LogP contribution in [0.4, 0.5) is 8.78 Å². The molecule has 0 fully saturated rings. The molecule has 1 aromatic rings. The van der Waals surface area contributed by atoms with E-state index < -0.39 is 17.7 Å². The van der Waals surface area contributed by atoms with E-state index in [1.54, 1.807) is 7.05 Å². The van der Waals surface area contributed by atoms with Gasteiger partial charge in [0.2, 0.25) is 0 Å². The van der Waals surface area contributed by atoms with Crippen LogP contribution in [0.25, 0.3) is 0 Å². The summed E-state index contributed by atoms with van der Waals surface area (Å²) in [6, 6.07) is 4.70. The Bertz CT molecular complexity index is 376. The first-order chi connectivity index (χ1) is 7.17. The largest absolute Gasteiger partial charge is 0.491 e. The van der Waals surface area contributed by atoms with Gasteiger partial charge >= 0.3 is 0 Å². The van der Waals surface area contributed by atoms with E-state index in [1.165, 1.54) is 6.07 Å². The first-order valence-corrected chi connectivity index (χ1v) is 4.32. The Labute approximate surface area is 86.3 Å². The van der Waals surface area contributed by atoms with Crippen molar-refractivity contribution < 1.29 is 13.5 Å². The highest BCUT2D eigenvalue weighted by Crippen LogP contribution is 2.15. The number of likely N-dealkylation sites (N-methyl/N-ethyl adjacent to an activating group) is 1. The lowest BCUT2D eigenvalue weighted by atomic mass is 10.3. The third kappa shape index (κ3) is 3.18. The maximum atomic E-state index is 12.7. The molecule has 0 spiro atoms. The van der Waals surface area contributed by atoms with E-state index in [1.807, 2.05) is 6.07 Å². The summed E-state index contributed by atoms with van der Waals surface area (Å²) in [5.74, 6) is -1.69. The summed E-state index contributed by atoms with van der Waals surface area (Å²) in [4.78, 5) is 0. The molecule has 0 bridgehead atoms. The van der Waals surface area contributed by atoms with Crippen LogP contribution in [-0.4, -0.2) is 19.7 Å². The molecule has 1 unspecified atom stereocenters. The SMILES string of the molecule is CNC(C#N)COc1ccc(F)c(F)c1. The molecule has 1 N–H and O–H groups in total. The van der Waals surface area contributed by atoms with E-state index in [-0.39, 0.29) is 12.4 Å². The molecular formula is C10H10F2N2O. The summed E-state index contributed by atoms with van der Waals surface area (Å²) >= 11 is 0. The molecule has 0 aromatic heterocycles. The molecule has 1 rings (SSSR count). The molecule has 1 atom stereocenters. The van der Waals surface area contributed by atoms with Crippen molar-refractivity contribution in [1.29, 1.82) is 5.26 Å². The van der Waals surface area contributed by atoms with Crippen molar-refractivity contribution in [3.8, 4) is 11.8 Å². The molecule has 1 aromatic carbocycles. The van der Waals surface area contributed by atoms with Crippen molar-refractivity contribution in [3.63, 3.8) is 0 Å². The third-order valence-electron chi connectivity index (χ3n) is 1.81. The monoisotopic (exact) mass is 212 g/mol. The summed E-state index contributed by atoms with van der Waals surface area (Å²) < 4.78 is 30.4. The van der Waals surface area contributed by atoms with Crippen molar-refractivity contribution in [2.24, 2.45) is 0 Å². The van der Waals surface area contributed by atoms with Gasteiger partial charge in [-0.3, -0.25) is 0 Å². The van der Waals surface area contributed by atoms with Crippen LogP contribution in [0.1, 0.15) is 0 Å². The van der Waals surface area contributed by atoms with Crippen LogP contribution in [0.3, 0.4) is 0 Å². The lowest BCUT2D eigenvalue weighted by Crippen LogP contribution is -2.29. The first-order valence-electron chi connectivity index (χ1n) is 4.32. The van der Waals surface area contributed by atoms with Crippen LogP contribution in [0.2, 0.25) is 0 Å². The summed E-state index contributed by atoms with van der Waals surface area (Å²) in [6.45, 7) is 0.0814. The molecule has 0 aliphatic carbocycles. The van der Waals surface area contributed by atoms with Gasteiger partial charge in [-0.1, -0.05) is 0 Å². The smallest absolute Gasteiger partial charge is 0.162 e. The fraction of sp³-hybridized carbons (Fsp3) is 0.300. The molecule has 0 saturated heterocycles. The lowest BCUT2D eigenvalue weighted by molar-refractivity contribution is 0.292. The van der Waals surface area contributed by atoms with Gasteiger partial charge in [0.25, 0.3) is 0 Å². The minimum absolute atomic E-state index is 0.0814. The third-order valence-corrected chi connectivity index (χ3v) is 1.81. The number of nitrogens with zero attached hydrogens (tertiary/aromatic N) is 1. The number of nitrogens with one attached hydrogen (secondary N) is 1. The summed E-state index contributed by atoms with van der Waals surface area (Å²) in [5.41, 5.74) is 0. The fourth-order valence-corrected chi connectivity index (χ4v) is 0.931. The van der Waals surface area contributed by atoms with Crippen LogP contribution < -0.4 is 10.1 Å². The van der Waals surface area contributed by atoms with Gasteiger partial charge in [-0.05, 0) is 19.2 Å². The molecule has 80 valence electrons. The summed E-state index contributed by atoms with van der Waals surface area (Å²) in [6.07, 6.45) is 0. The number of hydrogen-bond donors (Lipinski definition) is 1. The van der Waals surface area contributed by atoms with Crippen molar-refractivity contribution in [3.05, 3.63) is 29.8 Å². The van der Waals surface area contributed by atoms with E-state index in [0.29, 0.717) is 0 Å². The van der Waals surface area contributed by atoms with Gasteiger partial charge < -0.3 is 10.1 Å². The molecule has 0 radical (unpaired) electrons. The summed E-state index contributed by atoms with van der Waals surface area (Å²) in [7, 11) is 1.61. The Balaban J connectivity index is 2.59. The number of halogens is 2. The minimum atomic E-state index is -0.967. The first kappa shape index (κ1) is 11.4. The molecule has 0 aliphatic rings. The van der Waals surface area contributed by atoms with Crippen molar-refractivity contribution in [2.45, 2.75) is 6.04 Å². The van der Waals surface area contributed by atoms with Crippen molar-refractivity contribution >= 4 is 0 Å². The number of nitriles is 1. The van der Waals surface area contributed by atoms with E-state index in [9.17, 15) is 8.78 Å². The fourth-order valence-electron chi connectivity index (χ4n) is 0.931. The zero-order valence-electron chi connectivity index (χ0n) is 8.13. The van der Waals surface area contributed by atoms with E-state index >= 15 is 0 Å². The highest BCUT2D eigenvalue weighted by atomic mass is 19.2.